The Morgan fingerprint density at radius 2 is 1.68 bits per heavy atom. The number of anilines is 1. The van der Waals surface area contributed by atoms with Gasteiger partial charge in [-0.05, 0) is 67.5 Å². The van der Waals surface area contributed by atoms with Gasteiger partial charge in [-0.1, -0.05) is 48.2 Å². The number of amides is 1. The number of hydrogen-bond acceptors (Lipinski definition) is 8. The molecule has 3 aromatic rings. The van der Waals surface area contributed by atoms with E-state index in [4.69, 9.17) is 9.47 Å². The molecule has 10 heteroatoms. The van der Waals surface area contributed by atoms with Crippen LogP contribution in [0.15, 0.2) is 99.1 Å². The molecule has 5 rings (SSSR count). The van der Waals surface area contributed by atoms with Crippen LogP contribution in [-0.4, -0.2) is 63.4 Å². The number of methoxy groups -OCH3 is 1. The molecule has 0 radical (unpaired) electrons. The summed E-state index contributed by atoms with van der Waals surface area (Å²) in [6.45, 7) is 2.55. The van der Waals surface area contributed by atoms with Gasteiger partial charge in [-0.3, -0.25) is 14.6 Å². The first-order valence-electron chi connectivity index (χ1n) is 12.8. The number of benzene rings is 3. The van der Waals surface area contributed by atoms with E-state index in [0.717, 1.165) is 27.6 Å². The van der Waals surface area contributed by atoms with Crippen molar-refractivity contribution < 1.29 is 19.1 Å². The monoisotopic (exact) mass is 611 g/mol. The molecule has 0 aliphatic carbocycles. The molecule has 2 atom stereocenters. The molecule has 0 fully saturated rings. The maximum absolute atomic E-state index is 13.6. The van der Waals surface area contributed by atoms with Crippen LogP contribution in [0.1, 0.15) is 17.7 Å². The maximum atomic E-state index is 13.6. The van der Waals surface area contributed by atoms with Crippen molar-refractivity contribution in [3.63, 3.8) is 0 Å². The van der Waals surface area contributed by atoms with Crippen LogP contribution in [0.4, 0.5) is 11.4 Å². The van der Waals surface area contributed by atoms with Crippen molar-refractivity contribution in [1.29, 1.82) is 0 Å². The smallest absolute Gasteiger partial charge is 0.303 e. The van der Waals surface area contributed by atoms with E-state index in [1.54, 1.807) is 35.5 Å². The molecule has 0 bridgehead atoms. The highest BCUT2D eigenvalue weighted by Crippen LogP contribution is 2.46. The largest absolute Gasteiger partial charge is 0.497 e. The van der Waals surface area contributed by atoms with E-state index in [1.807, 2.05) is 103 Å². The maximum Gasteiger partial charge on any atom is 0.303 e. The van der Waals surface area contributed by atoms with Gasteiger partial charge in [0, 0.05) is 36.0 Å². The summed E-state index contributed by atoms with van der Waals surface area (Å²) in [5, 5.41) is 1.68. The Morgan fingerprint density at radius 1 is 1.00 bits per heavy atom. The lowest BCUT2D eigenvalue weighted by molar-refractivity contribution is -0.152. The van der Waals surface area contributed by atoms with Gasteiger partial charge < -0.3 is 19.3 Å². The Morgan fingerprint density at radius 3 is 2.37 bits per heavy atom. The van der Waals surface area contributed by atoms with E-state index < -0.39 is 12.1 Å². The van der Waals surface area contributed by atoms with E-state index in [0.29, 0.717) is 13.1 Å². The first kappa shape index (κ1) is 32.3. The summed E-state index contributed by atoms with van der Waals surface area (Å²) < 4.78 is 10.8. The van der Waals surface area contributed by atoms with E-state index in [2.05, 4.69) is 11.1 Å². The summed E-state index contributed by atoms with van der Waals surface area (Å²) in [6.07, 6.45) is 2.85. The molecule has 0 unspecified atom stereocenters. The second kappa shape index (κ2) is 15.7. The summed E-state index contributed by atoms with van der Waals surface area (Å²) in [5.41, 5.74) is 2.81. The Bertz CT molecular complexity index is 1380. The van der Waals surface area contributed by atoms with Crippen molar-refractivity contribution in [2.75, 3.05) is 39.2 Å². The first-order valence-corrected chi connectivity index (χ1v) is 14.6. The molecule has 0 saturated carbocycles. The van der Waals surface area contributed by atoms with Crippen molar-refractivity contribution in [3.05, 3.63) is 89.8 Å². The SMILES string of the molecule is C1=CSc2ccccc2N=C1.COc1ccc([C@@H]2Sc3ccccc3N(CCN(C)C)C(=O)[C@@H]2OC(C)=O)cc1.Cl. The van der Waals surface area contributed by atoms with Crippen LogP contribution in [0, 0.1) is 0 Å². The molecule has 41 heavy (non-hydrogen) atoms. The zero-order valence-corrected chi connectivity index (χ0v) is 25.9. The summed E-state index contributed by atoms with van der Waals surface area (Å²) in [4.78, 5) is 35.6. The van der Waals surface area contributed by atoms with Gasteiger partial charge >= 0.3 is 5.97 Å². The normalized spacial score (nSPS) is 17.2. The Kier molecular flexibility index (Phi) is 12.3. The van der Waals surface area contributed by atoms with Crippen molar-refractivity contribution in [2.24, 2.45) is 4.99 Å². The fraction of sp³-hybridized carbons (Fsp3) is 0.258. The zero-order valence-electron chi connectivity index (χ0n) is 23.4. The highest BCUT2D eigenvalue weighted by atomic mass is 35.5. The lowest BCUT2D eigenvalue weighted by Crippen LogP contribution is -2.45. The highest BCUT2D eigenvalue weighted by molar-refractivity contribution is 8.02. The van der Waals surface area contributed by atoms with Gasteiger partial charge in [0.1, 0.15) is 5.75 Å². The number of esters is 1. The molecule has 0 spiro atoms. The number of ether oxygens (including phenoxy) is 2. The highest BCUT2D eigenvalue weighted by Gasteiger charge is 2.40. The summed E-state index contributed by atoms with van der Waals surface area (Å²) in [6, 6.07) is 23.5. The standard InChI is InChI=1S/C22H26N2O4S.C9H7NS.ClH/c1-15(25)28-20-21(16-9-11-17(27-4)12-10-16)29-19-8-6-5-7-18(19)24(22(20)26)14-13-23(2)3;1-2-5-9-8(4-1)10-6-3-7-11-9;/h5-12,20-21H,13-14H2,1-4H3;1-7H;1H/t20-,21+;;/m1../s1. The van der Waals surface area contributed by atoms with Crippen molar-refractivity contribution in [2.45, 2.75) is 28.1 Å². The minimum atomic E-state index is -0.916. The van der Waals surface area contributed by atoms with Crippen LogP contribution in [0.25, 0.3) is 0 Å². The summed E-state index contributed by atoms with van der Waals surface area (Å²) >= 11 is 3.25. The Labute approximate surface area is 256 Å². The van der Waals surface area contributed by atoms with Gasteiger partial charge in [-0.15, -0.1) is 24.2 Å². The third kappa shape index (κ3) is 8.63. The van der Waals surface area contributed by atoms with Crippen molar-refractivity contribution >= 4 is 65.4 Å². The molecule has 1 amide bonds. The number of carbonyl (C=O) groups is 2. The summed E-state index contributed by atoms with van der Waals surface area (Å²) in [5.74, 6) is 0.0528. The lowest BCUT2D eigenvalue weighted by atomic mass is 10.1. The Balaban J connectivity index is 0.000000321. The molecular weight excluding hydrogens is 578 g/mol. The van der Waals surface area contributed by atoms with E-state index >= 15 is 0 Å². The number of thioether (sulfide) groups is 2. The number of para-hydroxylation sites is 2. The van der Waals surface area contributed by atoms with Gasteiger partial charge in [0.15, 0.2) is 6.10 Å². The van der Waals surface area contributed by atoms with Crippen LogP contribution in [0.2, 0.25) is 0 Å². The van der Waals surface area contributed by atoms with Gasteiger partial charge in [-0.25, -0.2) is 0 Å². The second-order valence-corrected chi connectivity index (χ2v) is 11.4. The fourth-order valence-corrected chi connectivity index (χ4v) is 6.19. The number of rotatable bonds is 6. The van der Waals surface area contributed by atoms with Crippen LogP contribution in [0.3, 0.4) is 0 Å². The predicted octanol–water partition coefficient (Wildman–Crippen LogP) is 6.80. The topological polar surface area (TPSA) is 71.4 Å². The van der Waals surface area contributed by atoms with E-state index in [1.165, 1.54) is 11.8 Å². The van der Waals surface area contributed by atoms with Crippen LogP contribution in [-0.2, 0) is 14.3 Å². The molecule has 2 aliphatic heterocycles. The average molecular weight is 612 g/mol. The molecule has 216 valence electrons. The molecule has 0 aromatic heterocycles. The number of nitrogens with zero attached hydrogens (tertiary/aromatic N) is 3. The number of allylic oxidation sites excluding steroid dienone is 1. The molecule has 2 heterocycles. The average Bonchev–Trinajstić information content (AvgIpc) is 3.26. The van der Waals surface area contributed by atoms with Gasteiger partial charge in [0.25, 0.3) is 5.91 Å². The number of carbonyl (C=O) groups excluding carboxylic acids is 2. The molecule has 3 aromatic carbocycles. The minimum absolute atomic E-state index is 0. The zero-order chi connectivity index (χ0) is 28.5. The second-order valence-electron chi connectivity index (χ2n) is 9.29. The van der Waals surface area contributed by atoms with Crippen molar-refractivity contribution in [3.8, 4) is 5.75 Å². The quantitative estimate of drug-likeness (QED) is 0.284. The van der Waals surface area contributed by atoms with E-state index in [-0.39, 0.29) is 23.6 Å². The van der Waals surface area contributed by atoms with Gasteiger partial charge in [-0.2, -0.15) is 0 Å². The third-order valence-corrected chi connectivity index (χ3v) is 8.41. The molecule has 7 nitrogen and oxygen atoms in total. The summed E-state index contributed by atoms with van der Waals surface area (Å²) in [7, 11) is 5.54. The fourth-order valence-electron chi connectivity index (χ4n) is 4.17. The van der Waals surface area contributed by atoms with Crippen LogP contribution in [0.5, 0.6) is 5.75 Å². The van der Waals surface area contributed by atoms with Gasteiger partial charge in [0.2, 0.25) is 0 Å². The van der Waals surface area contributed by atoms with Crippen molar-refractivity contribution in [1.82, 2.24) is 4.90 Å². The molecule has 0 N–H and O–H groups in total. The predicted molar refractivity (Wildman–Crippen MR) is 171 cm³/mol. The number of fused-ring (bicyclic) bond motifs is 2. The molecule has 2 aliphatic rings. The Hall–Kier alpha value is -3.24. The number of hydrogen-bond donors (Lipinski definition) is 0. The van der Waals surface area contributed by atoms with Crippen LogP contribution < -0.4 is 9.64 Å². The van der Waals surface area contributed by atoms with Crippen LogP contribution >= 0.6 is 35.9 Å². The lowest BCUT2D eigenvalue weighted by Gasteiger charge is -2.28. The number of aliphatic imine (C=N–C) groups is 1. The molecule has 0 saturated heterocycles. The van der Waals surface area contributed by atoms with E-state index in [9.17, 15) is 9.59 Å². The first-order chi connectivity index (χ1) is 19.4. The van der Waals surface area contributed by atoms with Gasteiger partial charge in [0.05, 0.1) is 23.7 Å². The third-order valence-electron chi connectivity index (χ3n) is 6.14. The molecular formula is C31H34ClN3O4S2. The minimum Gasteiger partial charge on any atom is -0.497 e. The number of halogens is 1. The number of likely N-dealkylation sites (N-methyl/N-ethyl adjacent to an activating group) is 1.